The second kappa shape index (κ2) is 12.7. The first-order valence-corrected chi connectivity index (χ1v) is 15.1. The maximum Gasteiger partial charge on any atom is 0.307 e. The number of carbonyl (C=O) groups is 1. The topological polar surface area (TPSA) is 105 Å². The molecule has 0 aliphatic rings. The first-order chi connectivity index (χ1) is 20.9. The van der Waals surface area contributed by atoms with Gasteiger partial charge in [-0.05, 0) is 92.9 Å². The zero-order valence-corrected chi connectivity index (χ0v) is 26.6. The maximum atomic E-state index is 11.8. The number of carboxylic acids is 1. The number of aryl methyl sites for hydroxylation is 1. The molecule has 3 aromatic carbocycles. The Labute approximate surface area is 264 Å². The first-order valence-electron chi connectivity index (χ1n) is 13.9. The van der Waals surface area contributed by atoms with E-state index in [1.807, 2.05) is 73.7 Å². The van der Waals surface area contributed by atoms with Crippen molar-refractivity contribution in [2.24, 2.45) is 0 Å². The second-order valence-electron chi connectivity index (χ2n) is 11.4. The lowest BCUT2D eigenvalue weighted by Gasteiger charge is -2.13. The van der Waals surface area contributed by atoms with Crippen molar-refractivity contribution in [2.45, 2.75) is 39.7 Å². The van der Waals surface area contributed by atoms with Crippen LogP contribution >= 0.6 is 22.9 Å². The van der Waals surface area contributed by atoms with Crippen LogP contribution in [0.15, 0.2) is 79.0 Å². The average Bonchev–Trinajstić information content (AvgIpc) is 3.40. The van der Waals surface area contributed by atoms with Crippen LogP contribution in [0.5, 0.6) is 5.88 Å². The molecule has 0 saturated heterocycles. The highest BCUT2D eigenvalue weighted by Crippen LogP contribution is 2.41. The Morgan fingerprint density at radius 3 is 2.30 bits per heavy atom. The van der Waals surface area contributed by atoms with Crippen LogP contribution in [0.2, 0.25) is 5.02 Å². The number of aromatic nitrogens is 3. The molecule has 3 aromatic heterocycles. The van der Waals surface area contributed by atoms with Crippen LogP contribution in [0.4, 0.5) is 0 Å². The smallest absolute Gasteiger partial charge is 0.307 e. The zero-order valence-electron chi connectivity index (χ0n) is 25.1. The summed E-state index contributed by atoms with van der Waals surface area (Å²) in [7, 11) is 1.60. The highest BCUT2D eigenvalue weighted by atomic mass is 35.5. The summed E-state index contributed by atoms with van der Waals surface area (Å²) >= 11 is 7.70. The Balaban J connectivity index is 0.000000712. The van der Waals surface area contributed by atoms with Gasteiger partial charge < -0.3 is 14.9 Å². The summed E-state index contributed by atoms with van der Waals surface area (Å²) in [4.78, 5) is 25.8. The van der Waals surface area contributed by atoms with Gasteiger partial charge in [-0.1, -0.05) is 29.8 Å². The van der Waals surface area contributed by atoms with Gasteiger partial charge in [0.1, 0.15) is 5.01 Å². The lowest BCUT2D eigenvalue weighted by atomic mass is 9.93. The number of nitrogens with zero attached hydrogens (tertiary/aromatic N) is 3. The molecule has 0 unspecified atom stereocenters. The number of hydrogen-bond acceptors (Lipinski definition) is 7. The molecule has 0 spiro atoms. The number of halogens is 1. The van der Waals surface area contributed by atoms with E-state index in [0.717, 1.165) is 65.2 Å². The summed E-state index contributed by atoms with van der Waals surface area (Å²) < 4.78 is 6.18. The van der Waals surface area contributed by atoms with Crippen molar-refractivity contribution >= 4 is 50.0 Å². The van der Waals surface area contributed by atoms with Crippen molar-refractivity contribution in [3.63, 3.8) is 0 Å². The molecule has 0 aliphatic carbocycles. The van der Waals surface area contributed by atoms with Gasteiger partial charge in [0.25, 0.3) is 0 Å². The van der Waals surface area contributed by atoms with Crippen LogP contribution in [0, 0.1) is 6.92 Å². The number of rotatable bonds is 6. The van der Waals surface area contributed by atoms with Crippen LogP contribution in [-0.2, 0) is 11.2 Å². The van der Waals surface area contributed by atoms with Gasteiger partial charge in [0, 0.05) is 39.4 Å². The molecule has 0 saturated carbocycles. The highest BCUT2D eigenvalue weighted by Gasteiger charge is 2.20. The number of methoxy groups -OCH3 is 1. The van der Waals surface area contributed by atoms with Gasteiger partial charge in [0.05, 0.1) is 40.6 Å². The predicted octanol–water partition coefficient (Wildman–Crippen LogP) is 8.62. The number of thiazole rings is 1. The second-order valence-corrected chi connectivity index (χ2v) is 12.8. The number of ether oxygens (including phenoxy) is 1. The SMILES string of the molecule is CC(C)(C)O.COc1ccc2cc(-c3cc(-c4nc5cc(C)c(CC(=O)O)c(-c6ccc(Cl)cc6)c5s4)ccn3)ccc2n1. The summed E-state index contributed by atoms with van der Waals surface area (Å²) in [6, 6.07) is 23.3. The molecule has 2 N–H and O–H groups in total. The number of hydrogen-bond donors (Lipinski definition) is 2. The standard InChI is InChI=1S/C31H22ClN3O3S.C4H10O/c1-17-13-26-30(29(23(17)16-28(36)37)18-3-7-22(32)8-4-18)39-31(35-26)21-11-12-33-25(15-21)20-5-9-24-19(14-20)6-10-27(34-24)38-2;1-4(2,3)5/h3-15H,16H2,1-2H3,(H,36,37);5H,1-3H3. The molecule has 0 fully saturated rings. The summed E-state index contributed by atoms with van der Waals surface area (Å²) in [5.74, 6) is -0.300. The molecule has 44 heavy (non-hydrogen) atoms. The molecule has 7 nitrogen and oxygen atoms in total. The van der Waals surface area contributed by atoms with Crippen LogP contribution in [0.25, 0.3) is 54.1 Å². The van der Waals surface area contributed by atoms with E-state index in [-0.39, 0.29) is 6.42 Å². The van der Waals surface area contributed by atoms with Crippen molar-refractivity contribution in [2.75, 3.05) is 7.11 Å². The minimum absolute atomic E-state index is 0.0743. The molecule has 6 rings (SSSR count). The normalized spacial score (nSPS) is 11.3. The molecule has 0 bridgehead atoms. The van der Waals surface area contributed by atoms with Crippen LogP contribution in [-0.4, -0.2) is 43.8 Å². The van der Waals surface area contributed by atoms with E-state index in [2.05, 4.69) is 16.0 Å². The largest absolute Gasteiger partial charge is 0.481 e. The number of carboxylic acid groups (broad SMARTS) is 1. The van der Waals surface area contributed by atoms with E-state index in [9.17, 15) is 9.90 Å². The van der Waals surface area contributed by atoms with Gasteiger partial charge in [-0.3, -0.25) is 9.78 Å². The Bertz CT molecular complexity index is 1980. The lowest BCUT2D eigenvalue weighted by molar-refractivity contribution is -0.136. The third-order valence-corrected chi connectivity index (χ3v) is 8.04. The zero-order chi connectivity index (χ0) is 31.6. The summed E-state index contributed by atoms with van der Waals surface area (Å²) in [6.07, 6.45) is 1.71. The number of pyridine rings is 2. The fourth-order valence-electron chi connectivity index (χ4n) is 4.76. The van der Waals surface area contributed by atoms with Crippen molar-refractivity contribution in [1.29, 1.82) is 0 Å². The van der Waals surface area contributed by atoms with Gasteiger partial charge >= 0.3 is 5.97 Å². The minimum Gasteiger partial charge on any atom is -0.481 e. The molecule has 0 aliphatic heterocycles. The van der Waals surface area contributed by atoms with Crippen LogP contribution < -0.4 is 4.74 Å². The molecule has 9 heteroatoms. The fraction of sp³-hybridized carbons (Fsp3) is 0.200. The molecular weight excluding hydrogens is 594 g/mol. The third-order valence-electron chi connectivity index (χ3n) is 6.65. The molecule has 0 radical (unpaired) electrons. The molecular formula is C35H32ClN3O4S. The van der Waals surface area contributed by atoms with E-state index in [4.69, 9.17) is 26.4 Å². The monoisotopic (exact) mass is 625 g/mol. The van der Waals surface area contributed by atoms with E-state index in [1.165, 1.54) is 0 Å². The number of benzene rings is 3. The Kier molecular flexibility index (Phi) is 8.97. The van der Waals surface area contributed by atoms with Crippen LogP contribution in [0.1, 0.15) is 31.9 Å². The maximum absolute atomic E-state index is 11.8. The van der Waals surface area contributed by atoms with E-state index >= 15 is 0 Å². The van der Waals surface area contributed by atoms with E-state index in [1.54, 1.807) is 45.4 Å². The Morgan fingerprint density at radius 1 is 0.909 bits per heavy atom. The van der Waals surface area contributed by atoms with E-state index < -0.39 is 11.6 Å². The Morgan fingerprint density at radius 2 is 1.61 bits per heavy atom. The highest BCUT2D eigenvalue weighted by molar-refractivity contribution is 7.22. The van der Waals surface area contributed by atoms with Crippen LogP contribution in [0.3, 0.4) is 0 Å². The summed E-state index contributed by atoms with van der Waals surface area (Å²) in [5, 5.41) is 20.6. The number of aliphatic carboxylic acids is 1. The quantitative estimate of drug-likeness (QED) is 0.191. The molecule has 224 valence electrons. The van der Waals surface area contributed by atoms with Gasteiger partial charge in [-0.25, -0.2) is 9.97 Å². The van der Waals surface area contributed by atoms with Crippen molar-refractivity contribution in [1.82, 2.24) is 15.0 Å². The minimum atomic E-state index is -0.875. The van der Waals surface area contributed by atoms with Gasteiger partial charge in [-0.15, -0.1) is 11.3 Å². The average molecular weight is 626 g/mol. The third kappa shape index (κ3) is 7.22. The first kappa shape index (κ1) is 31.1. The number of aliphatic hydroxyl groups is 1. The Hall–Kier alpha value is -4.37. The number of fused-ring (bicyclic) bond motifs is 2. The molecule has 0 amide bonds. The lowest BCUT2D eigenvalue weighted by Crippen LogP contribution is -2.10. The van der Waals surface area contributed by atoms with Gasteiger partial charge in [0.2, 0.25) is 5.88 Å². The molecule has 0 atom stereocenters. The van der Waals surface area contributed by atoms with Crippen molar-refractivity contribution in [3.05, 3.63) is 95.1 Å². The fourth-order valence-corrected chi connectivity index (χ4v) is 6.02. The summed E-state index contributed by atoms with van der Waals surface area (Å²) in [5.41, 5.74) is 7.39. The molecule has 3 heterocycles. The van der Waals surface area contributed by atoms with Crippen molar-refractivity contribution in [3.8, 4) is 38.8 Å². The van der Waals surface area contributed by atoms with Crippen molar-refractivity contribution < 1.29 is 19.7 Å². The predicted molar refractivity (Wildman–Crippen MR) is 179 cm³/mol. The van der Waals surface area contributed by atoms with Gasteiger partial charge in [0.15, 0.2) is 0 Å². The molecule has 6 aromatic rings. The van der Waals surface area contributed by atoms with Gasteiger partial charge in [-0.2, -0.15) is 0 Å². The summed E-state index contributed by atoms with van der Waals surface area (Å²) in [6.45, 7) is 7.16. The van der Waals surface area contributed by atoms with E-state index in [0.29, 0.717) is 10.9 Å².